The molecule has 0 aliphatic heterocycles. The maximum atomic E-state index is 11.5. The van der Waals surface area contributed by atoms with Crippen LogP contribution < -0.4 is 0 Å². The second kappa shape index (κ2) is 2.64. The average molecular weight is 200 g/mol. The fourth-order valence-corrected chi connectivity index (χ4v) is 2.31. The molecule has 1 aliphatic carbocycles. The van der Waals surface area contributed by atoms with Crippen molar-refractivity contribution in [2.75, 3.05) is 0 Å². The number of Topliss-reactive ketones (excluding diaryl/α,β-unsaturated/α-hetero) is 2. The van der Waals surface area contributed by atoms with Crippen molar-refractivity contribution < 1.29 is 19.8 Å². The van der Waals surface area contributed by atoms with E-state index in [1.165, 1.54) is 0 Å². The molecule has 0 aromatic heterocycles. The summed E-state index contributed by atoms with van der Waals surface area (Å²) in [7, 11) is 0. The second-order valence-electron chi connectivity index (χ2n) is 5.28. The molecule has 1 fully saturated rings. The zero-order valence-corrected chi connectivity index (χ0v) is 8.92. The van der Waals surface area contributed by atoms with Crippen molar-refractivity contribution in [3.8, 4) is 0 Å². The number of rotatable bonds is 0. The molecular formula is C10H16O4. The Morgan fingerprint density at radius 2 is 1.21 bits per heavy atom. The van der Waals surface area contributed by atoms with Crippen molar-refractivity contribution in [3.63, 3.8) is 0 Å². The summed E-state index contributed by atoms with van der Waals surface area (Å²) in [5.74, 6) is -4.44. The topological polar surface area (TPSA) is 74.6 Å². The number of aliphatic hydroxyl groups is 2. The molecule has 0 bridgehead atoms. The molecule has 80 valence electrons. The normalized spacial score (nSPS) is 29.0. The van der Waals surface area contributed by atoms with Gasteiger partial charge in [-0.15, -0.1) is 0 Å². The first kappa shape index (κ1) is 11.3. The van der Waals surface area contributed by atoms with E-state index in [4.69, 9.17) is 0 Å². The van der Waals surface area contributed by atoms with E-state index in [1.54, 1.807) is 27.7 Å². The molecule has 0 spiro atoms. The van der Waals surface area contributed by atoms with Crippen LogP contribution in [-0.4, -0.2) is 27.6 Å². The number of hydrogen-bond donors (Lipinski definition) is 2. The molecule has 0 amide bonds. The van der Waals surface area contributed by atoms with E-state index in [0.717, 1.165) is 0 Å². The Morgan fingerprint density at radius 3 is 1.50 bits per heavy atom. The highest BCUT2D eigenvalue weighted by Crippen LogP contribution is 2.44. The molecule has 4 nitrogen and oxygen atoms in total. The van der Waals surface area contributed by atoms with Gasteiger partial charge in [0.2, 0.25) is 11.6 Å². The van der Waals surface area contributed by atoms with E-state index in [2.05, 4.69) is 0 Å². The minimum absolute atomic E-state index is 0.334. The lowest BCUT2D eigenvalue weighted by molar-refractivity contribution is -0.210. The van der Waals surface area contributed by atoms with E-state index in [0.29, 0.717) is 6.42 Å². The Bertz CT molecular complexity index is 271. The van der Waals surface area contributed by atoms with Gasteiger partial charge in [0, 0.05) is 10.8 Å². The molecule has 1 rings (SSSR count). The van der Waals surface area contributed by atoms with Gasteiger partial charge < -0.3 is 10.2 Å². The molecule has 4 heteroatoms. The monoisotopic (exact) mass is 200 g/mol. The van der Waals surface area contributed by atoms with Crippen LogP contribution in [0.4, 0.5) is 0 Å². The molecule has 1 saturated carbocycles. The third kappa shape index (κ3) is 1.38. The minimum atomic E-state index is -2.81. The number of ketones is 2. The van der Waals surface area contributed by atoms with Crippen LogP contribution >= 0.6 is 0 Å². The van der Waals surface area contributed by atoms with E-state index in [9.17, 15) is 19.8 Å². The van der Waals surface area contributed by atoms with Crippen molar-refractivity contribution in [2.24, 2.45) is 10.8 Å². The number of carbonyl (C=O) groups is 2. The van der Waals surface area contributed by atoms with Crippen LogP contribution in [0.2, 0.25) is 0 Å². The van der Waals surface area contributed by atoms with Gasteiger partial charge >= 0.3 is 0 Å². The lowest BCUT2D eigenvalue weighted by Gasteiger charge is -2.43. The van der Waals surface area contributed by atoms with E-state index in [1.807, 2.05) is 0 Å². The molecule has 0 radical (unpaired) electrons. The van der Waals surface area contributed by atoms with Crippen LogP contribution in [0.15, 0.2) is 0 Å². The smallest absolute Gasteiger partial charge is 0.286 e. The third-order valence-corrected chi connectivity index (χ3v) is 2.75. The van der Waals surface area contributed by atoms with Gasteiger partial charge in [-0.25, -0.2) is 0 Å². The molecular weight excluding hydrogens is 184 g/mol. The maximum absolute atomic E-state index is 11.5. The van der Waals surface area contributed by atoms with Gasteiger partial charge in [-0.05, 0) is 6.42 Å². The van der Waals surface area contributed by atoms with Gasteiger partial charge in [0.25, 0.3) is 5.79 Å². The summed E-state index contributed by atoms with van der Waals surface area (Å²) in [6.45, 7) is 6.46. The van der Waals surface area contributed by atoms with Gasteiger partial charge in [0.1, 0.15) is 0 Å². The Labute approximate surface area is 82.9 Å². The average Bonchev–Trinajstić information content (AvgIpc) is 1.97. The Kier molecular flexibility index (Phi) is 2.14. The van der Waals surface area contributed by atoms with Crippen molar-refractivity contribution >= 4 is 11.6 Å². The molecule has 0 saturated heterocycles. The Morgan fingerprint density at radius 1 is 0.929 bits per heavy atom. The highest BCUT2D eigenvalue weighted by atomic mass is 16.5. The summed E-state index contributed by atoms with van der Waals surface area (Å²) in [6.07, 6.45) is 0.334. The van der Waals surface area contributed by atoms with E-state index in [-0.39, 0.29) is 0 Å². The van der Waals surface area contributed by atoms with Crippen LogP contribution in [0, 0.1) is 10.8 Å². The number of carbonyl (C=O) groups excluding carboxylic acids is 2. The lowest BCUT2D eigenvalue weighted by Crippen LogP contribution is -2.62. The Balaban J connectivity index is 3.24. The maximum Gasteiger partial charge on any atom is 0.286 e. The zero-order valence-electron chi connectivity index (χ0n) is 8.92. The first-order valence-electron chi connectivity index (χ1n) is 4.56. The molecule has 0 aromatic carbocycles. The zero-order chi connectivity index (χ0) is 11.4. The number of hydrogen-bond acceptors (Lipinski definition) is 4. The largest absolute Gasteiger partial charge is 0.354 e. The molecule has 0 unspecified atom stereocenters. The summed E-state index contributed by atoms with van der Waals surface area (Å²) < 4.78 is 0. The van der Waals surface area contributed by atoms with Gasteiger partial charge in [-0.1, -0.05) is 27.7 Å². The predicted molar refractivity (Wildman–Crippen MR) is 49.4 cm³/mol. The predicted octanol–water partition coefficient (Wildman–Crippen LogP) is 0.262. The van der Waals surface area contributed by atoms with Crippen LogP contribution in [0.3, 0.4) is 0 Å². The van der Waals surface area contributed by atoms with Crippen LogP contribution in [-0.2, 0) is 9.59 Å². The first-order chi connectivity index (χ1) is 6.02. The third-order valence-electron chi connectivity index (χ3n) is 2.75. The fraction of sp³-hybridized carbons (Fsp3) is 0.800. The fourth-order valence-electron chi connectivity index (χ4n) is 2.31. The van der Waals surface area contributed by atoms with E-state index >= 15 is 0 Å². The van der Waals surface area contributed by atoms with E-state index < -0.39 is 28.2 Å². The summed E-state index contributed by atoms with van der Waals surface area (Å²) in [6, 6.07) is 0. The minimum Gasteiger partial charge on any atom is -0.354 e. The standard InChI is InChI=1S/C10H16O4/c1-8(2)5-9(3,4)7(12)10(13,14)6(8)11/h13-14H,5H2,1-4H3. The lowest BCUT2D eigenvalue weighted by atomic mass is 9.61. The first-order valence-corrected chi connectivity index (χ1v) is 4.56. The summed E-state index contributed by atoms with van der Waals surface area (Å²) in [5.41, 5.74) is -1.75. The highest BCUT2D eigenvalue weighted by molar-refractivity contribution is 6.14. The SMILES string of the molecule is CC1(C)CC(C)(C)C(=O)C(O)(O)C1=O. The van der Waals surface area contributed by atoms with Crippen molar-refractivity contribution in [2.45, 2.75) is 39.9 Å². The van der Waals surface area contributed by atoms with Gasteiger partial charge in [-0.2, -0.15) is 0 Å². The molecule has 14 heavy (non-hydrogen) atoms. The molecule has 0 heterocycles. The highest BCUT2D eigenvalue weighted by Gasteiger charge is 2.59. The summed E-state index contributed by atoms with van der Waals surface area (Å²) in [4.78, 5) is 23.1. The molecule has 2 N–H and O–H groups in total. The van der Waals surface area contributed by atoms with Gasteiger partial charge in [0.15, 0.2) is 0 Å². The van der Waals surface area contributed by atoms with Crippen molar-refractivity contribution in [1.82, 2.24) is 0 Å². The summed E-state index contributed by atoms with van der Waals surface area (Å²) in [5, 5.41) is 18.9. The molecule has 1 aliphatic rings. The Hall–Kier alpha value is -0.740. The summed E-state index contributed by atoms with van der Waals surface area (Å²) >= 11 is 0. The van der Waals surface area contributed by atoms with Crippen LogP contribution in [0.25, 0.3) is 0 Å². The molecule has 0 aromatic rings. The van der Waals surface area contributed by atoms with Gasteiger partial charge in [0.05, 0.1) is 0 Å². The van der Waals surface area contributed by atoms with Crippen LogP contribution in [0.5, 0.6) is 0 Å². The molecule has 0 atom stereocenters. The van der Waals surface area contributed by atoms with Crippen LogP contribution in [0.1, 0.15) is 34.1 Å². The quantitative estimate of drug-likeness (QED) is 0.434. The second-order valence-corrected chi connectivity index (χ2v) is 5.28. The van der Waals surface area contributed by atoms with Gasteiger partial charge in [-0.3, -0.25) is 9.59 Å². The van der Waals surface area contributed by atoms with Crippen molar-refractivity contribution in [3.05, 3.63) is 0 Å². The van der Waals surface area contributed by atoms with Crippen molar-refractivity contribution in [1.29, 1.82) is 0 Å².